The number of aromatic nitrogens is 2. The summed E-state index contributed by atoms with van der Waals surface area (Å²) in [6, 6.07) is 15.2. The SMILES string of the molecule is O=C(Nc1nnc(CCS(=O)(=O)c2ccccc2)o1)c1ccccc1I. The summed E-state index contributed by atoms with van der Waals surface area (Å²) in [4.78, 5) is 12.4. The number of hydrogen-bond donors (Lipinski definition) is 1. The van der Waals surface area contributed by atoms with Gasteiger partial charge in [0.25, 0.3) is 5.91 Å². The van der Waals surface area contributed by atoms with Gasteiger partial charge in [0.1, 0.15) is 0 Å². The smallest absolute Gasteiger partial charge is 0.322 e. The lowest BCUT2D eigenvalue weighted by atomic mass is 10.2. The van der Waals surface area contributed by atoms with Crippen LogP contribution in [0, 0.1) is 3.57 Å². The van der Waals surface area contributed by atoms with Crippen molar-refractivity contribution in [2.75, 3.05) is 11.1 Å². The maximum Gasteiger partial charge on any atom is 0.322 e. The number of hydrogen-bond acceptors (Lipinski definition) is 6. The third kappa shape index (κ3) is 4.47. The van der Waals surface area contributed by atoms with Crippen LogP contribution in [0.25, 0.3) is 0 Å². The third-order valence-corrected chi connectivity index (χ3v) is 6.17. The highest BCUT2D eigenvalue weighted by Crippen LogP contribution is 2.16. The van der Waals surface area contributed by atoms with Crippen LogP contribution in [0.1, 0.15) is 16.2 Å². The van der Waals surface area contributed by atoms with Crippen LogP contribution < -0.4 is 5.32 Å². The zero-order valence-electron chi connectivity index (χ0n) is 13.4. The van der Waals surface area contributed by atoms with Gasteiger partial charge in [-0.3, -0.25) is 10.1 Å². The van der Waals surface area contributed by atoms with Crippen molar-refractivity contribution in [2.45, 2.75) is 11.3 Å². The van der Waals surface area contributed by atoms with E-state index in [0.717, 1.165) is 3.57 Å². The molecule has 0 radical (unpaired) electrons. The fourth-order valence-corrected chi connectivity index (χ4v) is 4.07. The minimum atomic E-state index is -3.44. The lowest BCUT2D eigenvalue weighted by Gasteiger charge is -2.03. The summed E-state index contributed by atoms with van der Waals surface area (Å²) in [5, 5.41) is 10.0. The van der Waals surface area contributed by atoms with E-state index in [9.17, 15) is 13.2 Å². The Morgan fingerprint density at radius 3 is 2.46 bits per heavy atom. The molecule has 9 heteroatoms. The first-order valence-corrected chi connectivity index (χ1v) is 10.3. The molecule has 0 aliphatic carbocycles. The molecule has 0 saturated carbocycles. The summed E-state index contributed by atoms with van der Waals surface area (Å²) in [5.74, 6) is -0.395. The van der Waals surface area contributed by atoms with E-state index in [0.29, 0.717) is 5.56 Å². The molecule has 1 amide bonds. The molecule has 134 valence electrons. The number of carbonyl (C=O) groups excluding carboxylic acids is 1. The number of sulfone groups is 1. The zero-order valence-corrected chi connectivity index (χ0v) is 16.4. The molecule has 26 heavy (non-hydrogen) atoms. The molecule has 3 aromatic rings. The van der Waals surface area contributed by atoms with E-state index in [2.05, 4.69) is 38.1 Å². The molecule has 0 spiro atoms. The molecule has 0 aliphatic heterocycles. The number of nitrogens with one attached hydrogen (secondary N) is 1. The van der Waals surface area contributed by atoms with Gasteiger partial charge in [-0.2, -0.15) is 0 Å². The minimum Gasteiger partial charge on any atom is -0.408 e. The molecule has 1 aromatic heterocycles. The van der Waals surface area contributed by atoms with Crippen molar-refractivity contribution >= 4 is 44.3 Å². The molecule has 2 aromatic carbocycles. The van der Waals surface area contributed by atoms with Crippen LogP contribution in [0.3, 0.4) is 0 Å². The fraction of sp³-hybridized carbons (Fsp3) is 0.118. The molecule has 0 saturated heterocycles. The highest BCUT2D eigenvalue weighted by molar-refractivity contribution is 14.1. The lowest BCUT2D eigenvalue weighted by molar-refractivity contribution is 0.102. The van der Waals surface area contributed by atoms with Crippen LogP contribution >= 0.6 is 22.6 Å². The molecule has 7 nitrogen and oxygen atoms in total. The number of rotatable bonds is 6. The first kappa shape index (κ1) is 18.5. The number of anilines is 1. The monoisotopic (exact) mass is 483 g/mol. The average molecular weight is 483 g/mol. The Balaban J connectivity index is 1.64. The quantitative estimate of drug-likeness (QED) is 0.541. The van der Waals surface area contributed by atoms with Gasteiger partial charge in [0.2, 0.25) is 5.89 Å². The summed E-state index contributed by atoms with van der Waals surface area (Å²) in [6.45, 7) is 0. The van der Waals surface area contributed by atoms with Crippen molar-refractivity contribution in [2.24, 2.45) is 0 Å². The first-order valence-electron chi connectivity index (χ1n) is 7.62. The van der Waals surface area contributed by atoms with Crippen molar-refractivity contribution in [1.29, 1.82) is 0 Å². The van der Waals surface area contributed by atoms with E-state index in [-0.39, 0.29) is 34.9 Å². The Kier molecular flexibility index (Phi) is 5.67. The second-order valence-corrected chi connectivity index (χ2v) is 8.59. The van der Waals surface area contributed by atoms with Gasteiger partial charge in [0, 0.05) is 9.99 Å². The third-order valence-electron chi connectivity index (χ3n) is 3.49. The van der Waals surface area contributed by atoms with Gasteiger partial charge >= 0.3 is 6.01 Å². The number of benzene rings is 2. The summed E-state index contributed by atoms with van der Waals surface area (Å²) in [6.07, 6.45) is 0.0585. The standard InChI is InChI=1S/C17H14IN3O4S/c18-14-9-5-4-8-13(14)16(22)19-17-21-20-15(25-17)10-11-26(23,24)12-6-2-1-3-7-12/h1-9H,10-11H2,(H,19,21,22). The van der Waals surface area contributed by atoms with E-state index >= 15 is 0 Å². The molecule has 0 aliphatic rings. The number of aryl methyl sites for hydroxylation is 1. The summed E-state index contributed by atoms with van der Waals surface area (Å²) < 4.78 is 30.6. The average Bonchev–Trinajstić information content (AvgIpc) is 3.08. The molecule has 0 fully saturated rings. The van der Waals surface area contributed by atoms with Crippen molar-refractivity contribution in [3.63, 3.8) is 0 Å². The highest BCUT2D eigenvalue weighted by Gasteiger charge is 2.18. The predicted octanol–water partition coefficient (Wildman–Crippen LogP) is 2.94. The summed E-state index contributed by atoms with van der Waals surface area (Å²) in [7, 11) is -3.44. The molecule has 3 rings (SSSR count). The summed E-state index contributed by atoms with van der Waals surface area (Å²) >= 11 is 2.06. The minimum absolute atomic E-state index is 0.0585. The van der Waals surface area contributed by atoms with Gasteiger partial charge in [-0.25, -0.2) is 8.42 Å². The largest absolute Gasteiger partial charge is 0.408 e. The molecule has 1 heterocycles. The van der Waals surface area contributed by atoms with Gasteiger partial charge in [-0.05, 0) is 46.9 Å². The molecule has 0 atom stereocenters. The van der Waals surface area contributed by atoms with Crippen LogP contribution in [0.4, 0.5) is 6.01 Å². The molecular weight excluding hydrogens is 469 g/mol. The second kappa shape index (κ2) is 7.96. The number of carbonyl (C=O) groups is 1. The van der Waals surface area contributed by atoms with Crippen LogP contribution in [0.2, 0.25) is 0 Å². The van der Waals surface area contributed by atoms with E-state index in [1.807, 2.05) is 12.1 Å². The number of nitrogens with zero attached hydrogens (tertiary/aromatic N) is 2. The van der Waals surface area contributed by atoms with Gasteiger partial charge in [0.05, 0.1) is 16.2 Å². The Morgan fingerprint density at radius 1 is 1.04 bits per heavy atom. The molecule has 0 bridgehead atoms. The first-order chi connectivity index (χ1) is 12.5. The molecule has 0 unspecified atom stereocenters. The van der Waals surface area contributed by atoms with E-state index in [1.54, 1.807) is 30.3 Å². The normalized spacial score (nSPS) is 11.3. The van der Waals surface area contributed by atoms with Gasteiger partial charge in [0.15, 0.2) is 9.84 Å². The van der Waals surface area contributed by atoms with Gasteiger partial charge in [-0.15, -0.1) is 5.10 Å². The Bertz CT molecular complexity index is 1020. The van der Waals surface area contributed by atoms with E-state index < -0.39 is 9.84 Å². The fourth-order valence-electron chi connectivity index (χ4n) is 2.18. The van der Waals surface area contributed by atoms with Gasteiger partial charge in [-0.1, -0.05) is 35.4 Å². The number of halogens is 1. The molecular formula is C17H14IN3O4S. The van der Waals surface area contributed by atoms with Crippen molar-refractivity contribution in [1.82, 2.24) is 10.2 Å². The van der Waals surface area contributed by atoms with Crippen molar-refractivity contribution < 1.29 is 17.6 Å². The van der Waals surface area contributed by atoms with Crippen LogP contribution in [-0.4, -0.2) is 30.3 Å². The van der Waals surface area contributed by atoms with Crippen LogP contribution in [0.15, 0.2) is 63.9 Å². The Labute approximate surface area is 163 Å². The van der Waals surface area contributed by atoms with E-state index in [1.165, 1.54) is 12.1 Å². The maximum atomic E-state index is 12.3. The number of amides is 1. The predicted molar refractivity (Wildman–Crippen MR) is 104 cm³/mol. The van der Waals surface area contributed by atoms with Crippen LogP contribution in [0.5, 0.6) is 0 Å². The Morgan fingerprint density at radius 2 is 1.73 bits per heavy atom. The second-order valence-electron chi connectivity index (χ2n) is 5.32. The zero-order chi connectivity index (χ0) is 18.6. The summed E-state index contributed by atoms with van der Waals surface area (Å²) in [5.41, 5.74) is 0.486. The van der Waals surface area contributed by atoms with Crippen LogP contribution in [-0.2, 0) is 16.3 Å². The maximum absolute atomic E-state index is 12.3. The highest BCUT2D eigenvalue weighted by atomic mass is 127. The van der Waals surface area contributed by atoms with Gasteiger partial charge < -0.3 is 4.42 Å². The van der Waals surface area contributed by atoms with E-state index in [4.69, 9.17) is 4.42 Å². The lowest BCUT2D eigenvalue weighted by Crippen LogP contribution is -2.13. The van der Waals surface area contributed by atoms with Crippen molar-refractivity contribution in [3.8, 4) is 0 Å². The topological polar surface area (TPSA) is 102 Å². The Hall–Kier alpha value is -2.27. The van der Waals surface area contributed by atoms with Crippen molar-refractivity contribution in [3.05, 3.63) is 69.6 Å². The molecule has 1 N–H and O–H groups in total.